The Hall–Kier alpha value is -0.380. The van der Waals surface area contributed by atoms with Crippen LogP contribution in [0.25, 0.3) is 0 Å². The minimum atomic E-state index is -1.98. The van der Waals surface area contributed by atoms with Gasteiger partial charge in [0.25, 0.3) is 5.91 Å². The summed E-state index contributed by atoms with van der Waals surface area (Å²) in [4.78, 5) is 27.1. The average Bonchev–Trinajstić information content (AvgIpc) is 2.30. The van der Waals surface area contributed by atoms with Crippen LogP contribution in [-0.4, -0.2) is 37.2 Å². The predicted molar refractivity (Wildman–Crippen MR) is 77.4 cm³/mol. The van der Waals surface area contributed by atoms with E-state index in [4.69, 9.17) is 0 Å². The van der Waals surface area contributed by atoms with Crippen molar-refractivity contribution in [3.8, 4) is 0 Å². The number of nitrogens with zero attached hydrogens (tertiary/aromatic N) is 1. The van der Waals surface area contributed by atoms with Gasteiger partial charge in [0, 0.05) is 11.5 Å². The molecule has 0 aromatic carbocycles. The van der Waals surface area contributed by atoms with Crippen LogP contribution in [0.1, 0.15) is 26.7 Å². The normalized spacial score (nSPS) is 19.8. The number of hydrogen-bond acceptors (Lipinski definition) is 6. The van der Waals surface area contributed by atoms with E-state index in [9.17, 15) is 18.4 Å². The second kappa shape index (κ2) is 7.41. The number of aliphatic imine (C=N–C) groups is 1. The number of amides is 2. The van der Waals surface area contributed by atoms with Gasteiger partial charge >= 0.3 is 0 Å². The van der Waals surface area contributed by atoms with Gasteiger partial charge in [-0.2, -0.15) is 4.99 Å². The van der Waals surface area contributed by atoms with Crippen LogP contribution in [0, 0.1) is 5.41 Å². The maximum absolute atomic E-state index is 11.6. The first kappa shape index (κ1) is 16.7. The van der Waals surface area contributed by atoms with E-state index in [2.05, 4.69) is 10.3 Å². The van der Waals surface area contributed by atoms with E-state index >= 15 is 0 Å². The summed E-state index contributed by atoms with van der Waals surface area (Å²) in [6.45, 7) is 3.07. The van der Waals surface area contributed by atoms with Crippen molar-refractivity contribution in [1.82, 2.24) is 5.32 Å². The molecule has 0 fully saturated rings. The zero-order valence-corrected chi connectivity index (χ0v) is 13.1. The van der Waals surface area contributed by atoms with E-state index in [0.717, 1.165) is 12.2 Å². The highest BCUT2D eigenvalue weighted by atomic mass is 33.1. The van der Waals surface area contributed by atoms with Gasteiger partial charge in [0.05, 0.1) is 0 Å². The molecule has 0 saturated carbocycles. The summed E-state index contributed by atoms with van der Waals surface area (Å²) in [6, 6.07) is 0. The van der Waals surface area contributed by atoms with Crippen LogP contribution in [0.3, 0.4) is 0 Å². The van der Waals surface area contributed by atoms with Crippen LogP contribution in [0.4, 0.5) is 0 Å². The van der Waals surface area contributed by atoms with Crippen molar-refractivity contribution in [1.29, 1.82) is 0 Å². The standard InChI is InChI=1S/C10H16N2O4S3/c1-10(2)7(13)11-9(12-8(10)14)18-17-5-3-4-6-19(15)16/h3-6H2,1-2H3,(H,15,16)(H,11,12,13,14)/p-1. The number of rotatable bonds is 6. The van der Waals surface area contributed by atoms with Crippen LogP contribution in [0.2, 0.25) is 0 Å². The van der Waals surface area contributed by atoms with Gasteiger partial charge < -0.3 is 9.87 Å². The monoisotopic (exact) mass is 323 g/mol. The van der Waals surface area contributed by atoms with Crippen molar-refractivity contribution < 1.29 is 18.4 Å². The van der Waals surface area contributed by atoms with Crippen LogP contribution >= 0.6 is 21.6 Å². The summed E-state index contributed by atoms with van der Waals surface area (Å²) in [5.41, 5.74) is -1.10. The summed E-state index contributed by atoms with van der Waals surface area (Å²) in [5.74, 6) is 0.0997. The number of unbranched alkanes of at least 4 members (excludes halogenated alkanes) is 1. The summed E-state index contributed by atoms with van der Waals surface area (Å²) >= 11 is -1.98. The van der Waals surface area contributed by atoms with Crippen LogP contribution in [-0.2, 0) is 20.7 Å². The molecule has 0 aromatic rings. The number of carbonyl (C=O) groups excluding carboxylic acids is 2. The summed E-state index contributed by atoms with van der Waals surface area (Å²) < 4.78 is 20.6. The van der Waals surface area contributed by atoms with Crippen molar-refractivity contribution in [2.24, 2.45) is 10.4 Å². The second-order valence-corrected chi connectivity index (χ2v) is 7.84. The first-order chi connectivity index (χ1) is 8.84. The molecule has 0 aliphatic carbocycles. The highest BCUT2D eigenvalue weighted by Crippen LogP contribution is 2.28. The highest BCUT2D eigenvalue weighted by molar-refractivity contribution is 8.82. The van der Waals surface area contributed by atoms with Crippen molar-refractivity contribution in [3.05, 3.63) is 0 Å². The Morgan fingerprint density at radius 3 is 2.63 bits per heavy atom. The smallest absolute Gasteiger partial charge is 0.263 e. The molecule has 1 aliphatic heterocycles. The lowest BCUT2D eigenvalue weighted by Crippen LogP contribution is -2.48. The molecular formula is C10H15N2O4S3-. The molecule has 0 saturated heterocycles. The van der Waals surface area contributed by atoms with Gasteiger partial charge in [-0.1, -0.05) is 21.9 Å². The molecule has 9 heteroatoms. The third-order valence-corrected chi connectivity index (χ3v) is 5.33. The second-order valence-electron chi connectivity index (χ2n) is 4.42. The molecule has 0 spiro atoms. The topological polar surface area (TPSA) is 98.7 Å². The fraction of sp³-hybridized carbons (Fsp3) is 0.700. The third kappa shape index (κ3) is 5.25. The lowest BCUT2D eigenvalue weighted by molar-refractivity contribution is -0.139. The molecule has 108 valence electrons. The van der Waals surface area contributed by atoms with Gasteiger partial charge in [-0.15, -0.1) is 0 Å². The van der Waals surface area contributed by atoms with Gasteiger partial charge in [0.2, 0.25) is 5.91 Å². The zero-order chi connectivity index (χ0) is 14.5. The Morgan fingerprint density at radius 1 is 1.37 bits per heavy atom. The van der Waals surface area contributed by atoms with E-state index in [1.54, 1.807) is 0 Å². The maximum Gasteiger partial charge on any atom is 0.263 e. The molecule has 1 N–H and O–H groups in total. The SMILES string of the molecule is CC1(C)C(=O)N=C(SSCCCCS(=O)[O-])NC1=O. The summed E-state index contributed by atoms with van der Waals surface area (Å²) in [7, 11) is 2.66. The predicted octanol–water partition coefficient (Wildman–Crippen LogP) is 1.07. The number of carbonyl (C=O) groups is 2. The molecule has 1 aliphatic rings. The number of hydrogen-bond donors (Lipinski definition) is 1. The number of amidine groups is 1. The molecule has 1 rings (SSSR count). The largest absolute Gasteiger partial charge is 0.772 e. The molecule has 6 nitrogen and oxygen atoms in total. The fourth-order valence-corrected chi connectivity index (χ4v) is 3.51. The van der Waals surface area contributed by atoms with Gasteiger partial charge in [-0.05, 0) is 37.5 Å². The summed E-state index contributed by atoms with van der Waals surface area (Å²) in [6.07, 6.45) is 1.36. The Bertz CT molecular complexity index is 423. The average molecular weight is 323 g/mol. The third-order valence-electron chi connectivity index (χ3n) is 2.45. The van der Waals surface area contributed by atoms with Crippen molar-refractivity contribution in [2.45, 2.75) is 26.7 Å². The summed E-state index contributed by atoms with van der Waals surface area (Å²) in [5, 5.41) is 2.88. The molecule has 2 amide bonds. The molecule has 0 radical (unpaired) electrons. The lowest BCUT2D eigenvalue weighted by atomic mass is 9.91. The van der Waals surface area contributed by atoms with Gasteiger partial charge in [0.1, 0.15) is 5.41 Å². The Morgan fingerprint density at radius 2 is 2.05 bits per heavy atom. The molecule has 1 atom stereocenters. The van der Waals surface area contributed by atoms with Gasteiger partial charge in [-0.3, -0.25) is 13.8 Å². The molecule has 19 heavy (non-hydrogen) atoms. The first-order valence-electron chi connectivity index (χ1n) is 5.64. The molecule has 0 bridgehead atoms. The van der Waals surface area contributed by atoms with E-state index in [1.807, 2.05) is 0 Å². The van der Waals surface area contributed by atoms with E-state index in [-0.39, 0.29) is 11.7 Å². The van der Waals surface area contributed by atoms with Crippen LogP contribution in [0.5, 0.6) is 0 Å². The van der Waals surface area contributed by atoms with E-state index in [0.29, 0.717) is 11.6 Å². The Balaban J connectivity index is 2.29. The molecular weight excluding hydrogens is 308 g/mol. The highest BCUT2D eigenvalue weighted by Gasteiger charge is 2.40. The van der Waals surface area contributed by atoms with Crippen molar-refractivity contribution in [2.75, 3.05) is 11.5 Å². The number of nitrogens with one attached hydrogen (secondary N) is 1. The maximum atomic E-state index is 11.6. The van der Waals surface area contributed by atoms with Crippen LogP contribution < -0.4 is 5.32 Å². The quantitative estimate of drug-likeness (QED) is 0.340. The van der Waals surface area contributed by atoms with Gasteiger partial charge in [0.15, 0.2) is 5.17 Å². The molecule has 0 aromatic heterocycles. The van der Waals surface area contributed by atoms with E-state index in [1.165, 1.54) is 35.4 Å². The first-order valence-corrected chi connectivity index (χ1v) is 9.20. The minimum Gasteiger partial charge on any atom is -0.772 e. The minimum absolute atomic E-state index is 0.162. The van der Waals surface area contributed by atoms with E-state index < -0.39 is 22.4 Å². The molecule has 1 unspecified atom stereocenters. The Kier molecular flexibility index (Phi) is 6.51. The molecule has 1 heterocycles. The van der Waals surface area contributed by atoms with Crippen molar-refractivity contribution >= 4 is 49.7 Å². The Labute approximate surface area is 122 Å². The lowest BCUT2D eigenvalue weighted by Gasteiger charge is -2.24. The zero-order valence-electron chi connectivity index (χ0n) is 10.6. The van der Waals surface area contributed by atoms with Crippen LogP contribution in [0.15, 0.2) is 4.99 Å². The van der Waals surface area contributed by atoms with Crippen molar-refractivity contribution in [3.63, 3.8) is 0 Å². The van der Waals surface area contributed by atoms with Gasteiger partial charge in [-0.25, -0.2) is 0 Å². The fourth-order valence-electron chi connectivity index (χ4n) is 1.13.